The molecule has 1 atom stereocenters. The zero-order valence-electron chi connectivity index (χ0n) is 17.3. The highest BCUT2D eigenvalue weighted by atomic mass is 19.1. The standard InChI is InChI=1S/C24H19FN2O5/c1-31-17-4-3-5-18(32-2)19(17)22(28)20-21(14-10-12-26-13-11-14)27(24(30)23(20)29)16-8-6-15(25)7-9-16/h3-13,21,28H,1-2H3/b22-20+. The van der Waals surface area contributed by atoms with E-state index < -0.39 is 29.3 Å². The van der Waals surface area contributed by atoms with E-state index in [1.165, 1.54) is 55.8 Å². The van der Waals surface area contributed by atoms with Gasteiger partial charge in [-0.15, -0.1) is 0 Å². The van der Waals surface area contributed by atoms with Gasteiger partial charge in [0.25, 0.3) is 11.7 Å². The van der Waals surface area contributed by atoms with E-state index in [1.807, 2.05) is 0 Å². The van der Waals surface area contributed by atoms with Gasteiger partial charge < -0.3 is 14.6 Å². The molecule has 1 unspecified atom stereocenters. The molecule has 1 amide bonds. The summed E-state index contributed by atoms with van der Waals surface area (Å²) in [6.45, 7) is 0. The van der Waals surface area contributed by atoms with Crippen molar-refractivity contribution in [3.8, 4) is 11.5 Å². The summed E-state index contributed by atoms with van der Waals surface area (Å²) in [7, 11) is 2.84. The van der Waals surface area contributed by atoms with Crippen LogP contribution in [-0.2, 0) is 9.59 Å². The molecule has 1 aliphatic heterocycles. The Labute approximate surface area is 183 Å². The van der Waals surface area contributed by atoms with Gasteiger partial charge >= 0.3 is 0 Å². The second-order valence-corrected chi connectivity index (χ2v) is 6.96. The second kappa shape index (κ2) is 8.50. The fourth-order valence-electron chi connectivity index (χ4n) is 3.78. The van der Waals surface area contributed by atoms with Gasteiger partial charge in [-0.25, -0.2) is 4.39 Å². The highest BCUT2D eigenvalue weighted by Crippen LogP contribution is 2.44. The minimum Gasteiger partial charge on any atom is -0.506 e. The fraction of sp³-hybridized carbons (Fsp3) is 0.125. The Morgan fingerprint density at radius 1 is 0.969 bits per heavy atom. The van der Waals surface area contributed by atoms with Gasteiger partial charge in [0.05, 0.1) is 25.8 Å². The Hall–Kier alpha value is -4.20. The van der Waals surface area contributed by atoms with Crippen molar-refractivity contribution in [3.05, 3.63) is 89.5 Å². The highest BCUT2D eigenvalue weighted by molar-refractivity contribution is 6.51. The third kappa shape index (κ3) is 3.45. The van der Waals surface area contributed by atoms with E-state index in [0.717, 1.165) is 0 Å². The quantitative estimate of drug-likeness (QED) is 0.373. The van der Waals surface area contributed by atoms with Gasteiger partial charge in [-0.3, -0.25) is 19.5 Å². The van der Waals surface area contributed by atoms with Crippen molar-refractivity contribution in [2.24, 2.45) is 0 Å². The number of rotatable bonds is 5. The normalized spacial score (nSPS) is 17.5. The van der Waals surface area contributed by atoms with Gasteiger partial charge in [0.2, 0.25) is 0 Å². The highest BCUT2D eigenvalue weighted by Gasteiger charge is 2.47. The number of ketones is 1. The van der Waals surface area contributed by atoms with E-state index in [0.29, 0.717) is 11.3 Å². The molecule has 32 heavy (non-hydrogen) atoms. The molecular formula is C24H19FN2O5. The lowest BCUT2D eigenvalue weighted by Gasteiger charge is -2.25. The Morgan fingerprint density at radius 3 is 2.12 bits per heavy atom. The SMILES string of the molecule is COc1cccc(OC)c1/C(O)=C1\C(=O)C(=O)N(c2ccc(F)cc2)C1c1ccncc1. The first-order chi connectivity index (χ1) is 15.5. The molecule has 7 nitrogen and oxygen atoms in total. The van der Waals surface area contributed by atoms with Crippen LogP contribution in [0.1, 0.15) is 17.2 Å². The third-order valence-electron chi connectivity index (χ3n) is 5.24. The molecule has 0 spiro atoms. The Morgan fingerprint density at radius 2 is 1.56 bits per heavy atom. The van der Waals surface area contributed by atoms with Gasteiger partial charge in [-0.1, -0.05) is 6.07 Å². The van der Waals surface area contributed by atoms with Crippen LogP contribution in [0.15, 0.2) is 72.6 Å². The molecule has 0 saturated carbocycles. The predicted molar refractivity (Wildman–Crippen MR) is 115 cm³/mol. The van der Waals surface area contributed by atoms with Crippen molar-refractivity contribution in [1.29, 1.82) is 0 Å². The molecule has 1 fully saturated rings. The van der Waals surface area contributed by atoms with Crippen LogP contribution < -0.4 is 14.4 Å². The number of carbonyl (C=O) groups excluding carboxylic acids is 2. The molecule has 1 aliphatic rings. The van der Waals surface area contributed by atoms with Crippen LogP contribution in [0.25, 0.3) is 5.76 Å². The molecule has 2 heterocycles. The minimum atomic E-state index is -0.974. The number of amides is 1. The Bertz CT molecular complexity index is 1190. The maximum atomic E-state index is 13.5. The van der Waals surface area contributed by atoms with Crippen molar-refractivity contribution in [3.63, 3.8) is 0 Å². The fourth-order valence-corrected chi connectivity index (χ4v) is 3.78. The number of pyridine rings is 1. The van der Waals surface area contributed by atoms with E-state index >= 15 is 0 Å². The summed E-state index contributed by atoms with van der Waals surface area (Å²) >= 11 is 0. The van der Waals surface area contributed by atoms with Gasteiger partial charge in [-0.05, 0) is 54.1 Å². The van der Waals surface area contributed by atoms with Gasteiger partial charge in [0.1, 0.15) is 28.6 Å². The van der Waals surface area contributed by atoms with Crippen LogP contribution in [0, 0.1) is 5.82 Å². The number of aromatic nitrogens is 1. The number of Topliss-reactive ketones (excluding diaryl/α,β-unsaturated/α-hetero) is 1. The number of nitrogens with zero attached hydrogens (tertiary/aromatic N) is 2. The van der Waals surface area contributed by atoms with E-state index in [1.54, 1.807) is 30.3 Å². The maximum absolute atomic E-state index is 13.5. The Kier molecular flexibility index (Phi) is 5.59. The van der Waals surface area contributed by atoms with Gasteiger partial charge in [0.15, 0.2) is 0 Å². The van der Waals surface area contributed by atoms with Gasteiger partial charge in [-0.2, -0.15) is 0 Å². The van der Waals surface area contributed by atoms with Crippen LogP contribution in [0.3, 0.4) is 0 Å². The monoisotopic (exact) mass is 434 g/mol. The first kappa shape index (κ1) is 21.0. The third-order valence-corrected chi connectivity index (χ3v) is 5.24. The van der Waals surface area contributed by atoms with Crippen molar-refractivity contribution in [2.45, 2.75) is 6.04 Å². The van der Waals surface area contributed by atoms with Crippen molar-refractivity contribution >= 4 is 23.1 Å². The maximum Gasteiger partial charge on any atom is 0.300 e. The average Bonchev–Trinajstić information content (AvgIpc) is 3.09. The molecular weight excluding hydrogens is 415 g/mol. The molecule has 0 aliphatic carbocycles. The first-order valence-electron chi connectivity index (χ1n) is 9.65. The molecule has 4 rings (SSSR count). The lowest BCUT2D eigenvalue weighted by molar-refractivity contribution is -0.132. The van der Waals surface area contributed by atoms with E-state index in [4.69, 9.17) is 9.47 Å². The summed E-state index contributed by atoms with van der Waals surface area (Å²) in [5, 5.41) is 11.3. The second-order valence-electron chi connectivity index (χ2n) is 6.96. The van der Waals surface area contributed by atoms with Crippen molar-refractivity contribution in [2.75, 3.05) is 19.1 Å². The first-order valence-corrected chi connectivity index (χ1v) is 9.65. The van der Waals surface area contributed by atoms with Gasteiger partial charge in [0, 0.05) is 18.1 Å². The number of hydrogen-bond donors (Lipinski definition) is 1. The number of ether oxygens (including phenoxy) is 2. The molecule has 1 aromatic heterocycles. The zero-order chi connectivity index (χ0) is 22.8. The van der Waals surface area contributed by atoms with Crippen LogP contribution >= 0.6 is 0 Å². The molecule has 1 saturated heterocycles. The number of aliphatic hydroxyl groups excluding tert-OH is 1. The van der Waals surface area contributed by atoms with Crippen LogP contribution in [-0.4, -0.2) is 36.0 Å². The summed E-state index contributed by atoms with van der Waals surface area (Å²) in [6.07, 6.45) is 3.04. The number of halogens is 1. The number of methoxy groups -OCH3 is 2. The molecule has 162 valence electrons. The van der Waals surface area contributed by atoms with Crippen molar-refractivity contribution in [1.82, 2.24) is 4.98 Å². The summed E-state index contributed by atoms with van der Waals surface area (Å²) in [6, 6.07) is 12.4. The average molecular weight is 434 g/mol. The topological polar surface area (TPSA) is 89.0 Å². The number of hydrogen-bond acceptors (Lipinski definition) is 6. The number of aliphatic hydroxyl groups is 1. The molecule has 2 aromatic carbocycles. The summed E-state index contributed by atoms with van der Waals surface area (Å²) in [4.78, 5) is 31.5. The molecule has 1 N–H and O–H groups in total. The minimum absolute atomic E-state index is 0.145. The number of benzene rings is 2. The lowest BCUT2D eigenvalue weighted by Crippen LogP contribution is -2.29. The number of carbonyl (C=O) groups is 2. The lowest BCUT2D eigenvalue weighted by atomic mass is 9.95. The molecule has 0 bridgehead atoms. The van der Waals surface area contributed by atoms with Crippen molar-refractivity contribution < 1.29 is 28.6 Å². The Balaban J connectivity index is 2.00. The predicted octanol–water partition coefficient (Wildman–Crippen LogP) is 3.86. The smallest absolute Gasteiger partial charge is 0.300 e. The molecule has 3 aromatic rings. The van der Waals surface area contributed by atoms with Crippen LogP contribution in [0.5, 0.6) is 11.5 Å². The largest absolute Gasteiger partial charge is 0.506 e. The van der Waals surface area contributed by atoms with Crippen LogP contribution in [0.2, 0.25) is 0 Å². The number of anilines is 1. The summed E-state index contributed by atoms with van der Waals surface area (Å²) < 4.78 is 24.2. The van der Waals surface area contributed by atoms with E-state index in [-0.39, 0.29) is 22.6 Å². The molecule has 8 heteroatoms. The van der Waals surface area contributed by atoms with E-state index in [9.17, 15) is 19.1 Å². The summed E-state index contributed by atoms with van der Waals surface area (Å²) in [5.74, 6) is -2.13. The summed E-state index contributed by atoms with van der Waals surface area (Å²) in [5.41, 5.74) is 0.849. The van der Waals surface area contributed by atoms with Crippen LogP contribution in [0.4, 0.5) is 10.1 Å². The van der Waals surface area contributed by atoms with E-state index in [2.05, 4.69) is 4.98 Å². The molecule has 0 radical (unpaired) electrons. The zero-order valence-corrected chi connectivity index (χ0v) is 17.3.